The largest absolute Gasteiger partial charge is 0.453 e. The average Bonchev–Trinajstić information content (AvgIpc) is 3.25. The molecule has 124 valence electrons. The van der Waals surface area contributed by atoms with Crippen LogP contribution >= 0.6 is 22.7 Å². The summed E-state index contributed by atoms with van der Waals surface area (Å²) in [5.74, 6) is -0.441. The first kappa shape index (κ1) is 15.6. The second kappa shape index (κ2) is 6.19. The van der Waals surface area contributed by atoms with E-state index in [9.17, 15) is 14.5 Å². The van der Waals surface area contributed by atoms with E-state index in [1.807, 2.05) is 11.4 Å². The lowest BCUT2D eigenvalue weighted by Gasteiger charge is -2.07. The molecule has 9 heteroatoms. The number of hydrogen-bond acceptors (Lipinski definition) is 7. The van der Waals surface area contributed by atoms with E-state index in [2.05, 4.69) is 9.97 Å². The molecule has 0 aliphatic carbocycles. The number of non-ortho nitro benzene ring substituents is 1. The number of nitro benzene ring substituents is 1. The van der Waals surface area contributed by atoms with Gasteiger partial charge in [-0.2, -0.15) is 0 Å². The van der Waals surface area contributed by atoms with Crippen molar-refractivity contribution in [2.75, 3.05) is 0 Å². The van der Waals surface area contributed by atoms with Gasteiger partial charge in [0, 0.05) is 29.9 Å². The Balaban J connectivity index is 1.73. The number of fused-ring (bicyclic) bond motifs is 1. The van der Waals surface area contributed by atoms with Crippen LogP contribution in [0.5, 0.6) is 11.5 Å². The minimum atomic E-state index is -0.795. The smallest absolute Gasteiger partial charge is 0.272 e. The maximum atomic E-state index is 14.1. The molecule has 1 aromatic carbocycles. The van der Waals surface area contributed by atoms with Gasteiger partial charge in [0.25, 0.3) is 5.69 Å². The van der Waals surface area contributed by atoms with Gasteiger partial charge in [-0.25, -0.2) is 9.37 Å². The molecule has 0 aliphatic heterocycles. The summed E-state index contributed by atoms with van der Waals surface area (Å²) in [5, 5.41) is 13.5. The van der Waals surface area contributed by atoms with E-state index >= 15 is 0 Å². The molecule has 0 unspecified atom stereocenters. The number of ether oxygens (including phenoxy) is 1. The van der Waals surface area contributed by atoms with E-state index in [4.69, 9.17) is 4.74 Å². The second-order valence-corrected chi connectivity index (χ2v) is 6.89. The van der Waals surface area contributed by atoms with E-state index in [-0.39, 0.29) is 11.4 Å². The molecule has 0 aliphatic rings. The number of benzene rings is 1. The van der Waals surface area contributed by atoms with Crippen LogP contribution < -0.4 is 4.74 Å². The summed E-state index contributed by atoms with van der Waals surface area (Å²) in [6.45, 7) is 0. The van der Waals surface area contributed by atoms with Crippen molar-refractivity contribution in [3.8, 4) is 21.4 Å². The van der Waals surface area contributed by atoms with Gasteiger partial charge in [0.2, 0.25) is 0 Å². The molecule has 0 saturated heterocycles. The number of pyridine rings is 1. The highest BCUT2D eigenvalue weighted by molar-refractivity contribution is 7.25. The van der Waals surface area contributed by atoms with Gasteiger partial charge >= 0.3 is 0 Å². The van der Waals surface area contributed by atoms with Gasteiger partial charge in [-0.1, -0.05) is 0 Å². The number of hydrogen-bond donors (Lipinski definition) is 0. The van der Waals surface area contributed by atoms with Crippen LogP contribution in [-0.2, 0) is 0 Å². The molecule has 0 atom stereocenters. The van der Waals surface area contributed by atoms with Crippen molar-refractivity contribution >= 4 is 38.6 Å². The number of nitrogens with zero attached hydrogens (tertiary/aromatic N) is 3. The van der Waals surface area contributed by atoms with Crippen molar-refractivity contribution in [1.82, 2.24) is 9.97 Å². The third-order valence-corrected chi connectivity index (χ3v) is 5.45. The van der Waals surface area contributed by atoms with Crippen LogP contribution in [0, 0.1) is 15.9 Å². The van der Waals surface area contributed by atoms with Gasteiger partial charge in [-0.15, -0.1) is 22.7 Å². The quantitative estimate of drug-likeness (QED) is 0.360. The second-order valence-electron chi connectivity index (χ2n) is 4.95. The fourth-order valence-corrected chi connectivity index (χ4v) is 4.02. The Kier molecular flexibility index (Phi) is 3.86. The Morgan fingerprint density at radius 2 is 2.00 bits per heavy atom. The van der Waals surface area contributed by atoms with Crippen LogP contribution in [-0.4, -0.2) is 14.9 Å². The molecular formula is C16H8FN3O3S2. The maximum absolute atomic E-state index is 14.1. The lowest BCUT2D eigenvalue weighted by molar-refractivity contribution is -0.385. The van der Waals surface area contributed by atoms with Crippen molar-refractivity contribution in [3.05, 3.63) is 64.0 Å². The molecule has 4 aromatic rings. The first-order valence-corrected chi connectivity index (χ1v) is 8.71. The highest BCUT2D eigenvalue weighted by Crippen LogP contribution is 2.40. The van der Waals surface area contributed by atoms with Crippen LogP contribution in [0.4, 0.5) is 10.1 Å². The number of thiophene rings is 1. The van der Waals surface area contributed by atoms with Crippen molar-refractivity contribution in [2.45, 2.75) is 0 Å². The molecule has 0 N–H and O–H groups in total. The molecular weight excluding hydrogens is 365 g/mol. The van der Waals surface area contributed by atoms with Crippen LogP contribution in [0.15, 0.2) is 48.1 Å². The molecule has 0 spiro atoms. The minimum absolute atomic E-state index is 0.0812. The van der Waals surface area contributed by atoms with Crippen molar-refractivity contribution in [1.29, 1.82) is 0 Å². The van der Waals surface area contributed by atoms with Gasteiger partial charge in [0.05, 0.1) is 26.1 Å². The molecule has 4 rings (SSSR count). The fraction of sp³-hybridized carbons (Fsp3) is 0. The summed E-state index contributed by atoms with van der Waals surface area (Å²) in [6, 6.07) is 6.81. The van der Waals surface area contributed by atoms with Crippen molar-refractivity contribution in [2.24, 2.45) is 0 Å². The molecule has 3 heterocycles. The van der Waals surface area contributed by atoms with Crippen LogP contribution in [0.2, 0.25) is 0 Å². The number of rotatable bonds is 4. The van der Waals surface area contributed by atoms with E-state index in [1.54, 1.807) is 18.5 Å². The van der Waals surface area contributed by atoms with Gasteiger partial charge < -0.3 is 4.74 Å². The number of nitro groups is 1. The fourth-order valence-electron chi connectivity index (χ4n) is 2.25. The summed E-state index contributed by atoms with van der Waals surface area (Å²) < 4.78 is 20.5. The highest BCUT2D eigenvalue weighted by atomic mass is 32.1. The molecule has 0 radical (unpaired) electrons. The number of halogens is 1. The molecule has 0 saturated carbocycles. The zero-order chi connectivity index (χ0) is 17.4. The highest BCUT2D eigenvalue weighted by Gasteiger charge is 2.15. The van der Waals surface area contributed by atoms with E-state index < -0.39 is 10.7 Å². The minimum Gasteiger partial charge on any atom is -0.453 e. The Hall–Kier alpha value is -2.91. The summed E-state index contributed by atoms with van der Waals surface area (Å²) in [7, 11) is 0. The average molecular weight is 373 g/mol. The van der Waals surface area contributed by atoms with Crippen molar-refractivity contribution in [3.63, 3.8) is 0 Å². The van der Waals surface area contributed by atoms with E-state index in [1.165, 1.54) is 34.8 Å². The van der Waals surface area contributed by atoms with Crippen LogP contribution in [0.3, 0.4) is 0 Å². The third kappa shape index (κ3) is 2.94. The lowest BCUT2D eigenvalue weighted by atomic mass is 10.3. The number of thiazole rings is 1. The Morgan fingerprint density at radius 3 is 2.72 bits per heavy atom. The number of aromatic nitrogens is 2. The first-order valence-electron chi connectivity index (χ1n) is 7.02. The Morgan fingerprint density at radius 1 is 1.12 bits per heavy atom. The van der Waals surface area contributed by atoms with Crippen LogP contribution in [0.25, 0.3) is 20.1 Å². The lowest BCUT2D eigenvalue weighted by Crippen LogP contribution is -1.92. The predicted octanol–water partition coefficient (Wildman–Crippen LogP) is 5.26. The molecule has 0 amide bonds. The SMILES string of the molecule is O=[N+]([O-])c1ccc(Oc2ccnc3cc(-c4nccs4)sc23)c(F)c1. The maximum Gasteiger partial charge on any atom is 0.272 e. The van der Waals surface area contributed by atoms with E-state index in [0.717, 1.165) is 26.2 Å². The summed E-state index contributed by atoms with van der Waals surface area (Å²) in [4.78, 5) is 19.6. The Labute approximate surface area is 148 Å². The zero-order valence-corrected chi connectivity index (χ0v) is 14.0. The monoisotopic (exact) mass is 373 g/mol. The van der Waals surface area contributed by atoms with Gasteiger partial charge in [0.1, 0.15) is 10.8 Å². The van der Waals surface area contributed by atoms with Gasteiger partial charge in [0.15, 0.2) is 11.6 Å². The van der Waals surface area contributed by atoms with Crippen LogP contribution in [0.1, 0.15) is 0 Å². The topological polar surface area (TPSA) is 78.2 Å². The third-order valence-electron chi connectivity index (χ3n) is 3.37. The molecule has 0 fully saturated rings. The van der Waals surface area contributed by atoms with Gasteiger partial charge in [-0.05, 0) is 12.1 Å². The summed E-state index contributed by atoms with van der Waals surface area (Å²) in [6.07, 6.45) is 3.29. The summed E-state index contributed by atoms with van der Waals surface area (Å²) >= 11 is 2.96. The molecule has 6 nitrogen and oxygen atoms in total. The normalized spacial score (nSPS) is 10.9. The Bertz CT molecular complexity index is 1080. The van der Waals surface area contributed by atoms with Gasteiger partial charge in [-0.3, -0.25) is 15.1 Å². The van der Waals surface area contributed by atoms with E-state index in [0.29, 0.717) is 5.75 Å². The first-order chi connectivity index (χ1) is 12.1. The van der Waals surface area contributed by atoms with Crippen molar-refractivity contribution < 1.29 is 14.1 Å². The molecule has 3 aromatic heterocycles. The predicted molar refractivity (Wildman–Crippen MR) is 93.9 cm³/mol. The summed E-state index contributed by atoms with van der Waals surface area (Å²) in [5.41, 5.74) is 0.391. The standard InChI is InChI=1S/C16H8FN3O3S2/c17-10-7-9(20(21)22)1-2-12(10)23-13-3-4-18-11-8-14(25-15(11)13)16-19-5-6-24-16/h1-8H. The molecule has 25 heavy (non-hydrogen) atoms. The molecule has 0 bridgehead atoms. The zero-order valence-electron chi connectivity index (χ0n) is 12.4.